The van der Waals surface area contributed by atoms with Crippen molar-refractivity contribution in [1.82, 2.24) is 15.1 Å². The van der Waals surface area contributed by atoms with Crippen LogP contribution in [0.15, 0.2) is 17.6 Å². The number of carbonyl (C=O) groups excluding carboxylic acids is 1. The maximum atomic E-state index is 12.1. The summed E-state index contributed by atoms with van der Waals surface area (Å²) in [6, 6.07) is 0. The summed E-state index contributed by atoms with van der Waals surface area (Å²) < 4.78 is 23.1. The van der Waals surface area contributed by atoms with Gasteiger partial charge in [-0.1, -0.05) is 6.08 Å². The smallest absolute Gasteiger partial charge is 0.242 e. The number of rotatable bonds is 5. The summed E-state index contributed by atoms with van der Waals surface area (Å²) in [6.07, 6.45) is 2.41. The maximum absolute atomic E-state index is 12.1. The second kappa shape index (κ2) is 7.81. The van der Waals surface area contributed by atoms with Crippen LogP contribution in [0.4, 0.5) is 0 Å². The number of piperazine rings is 1. The van der Waals surface area contributed by atoms with E-state index in [9.17, 15) is 13.2 Å². The van der Waals surface area contributed by atoms with E-state index in [2.05, 4.69) is 16.9 Å². The highest BCUT2D eigenvalue weighted by molar-refractivity contribution is 7.91. The molecule has 1 N–H and O–H groups in total. The topological polar surface area (TPSA) is 82.1 Å². The molecule has 23 heavy (non-hydrogen) atoms. The Morgan fingerprint density at radius 2 is 2.26 bits per heavy atom. The van der Waals surface area contributed by atoms with Crippen LogP contribution in [0.25, 0.3) is 0 Å². The van der Waals surface area contributed by atoms with Crippen molar-refractivity contribution in [3.05, 3.63) is 12.7 Å². The zero-order valence-corrected chi connectivity index (χ0v) is 14.5. The van der Waals surface area contributed by atoms with Crippen molar-refractivity contribution in [3.8, 4) is 0 Å². The molecule has 2 heterocycles. The first kappa shape index (κ1) is 17.8. The summed E-state index contributed by atoms with van der Waals surface area (Å²) >= 11 is 0. The van der Waals surface area contributed by atoms with Crippen LogP contribution >= 0.6 is 0 Å². The third kappa shape index (κ3) is 4.95. The number of amides is 1. The predicted octanol–water partition coefficient (Wildman–Crippen LogP) is -0.283. The summed E-state index contributed by atoms with van der Waals surface area (Å²) in [5.74, 6) is 1.31. The van der Waals surface area contributed by atoms with Gasteiger partial charge in [0.15, 0.2) is 15.8 Å². The van der Waals surface area contributed by atoms with Gasteiger partial charge in [-0.25, -0.2) is 8.42 Å². The van der Waals surface area contributed by atoms with E-state index in [0.29, 0.717) is 38.6 Å². The Bertz CT molecular complexity index is 573. The molecule has 0 aromatic carbocycles. The maximum Gasteiger partial charge on any atom is 0.242 e. The number of nitrogens with one attached hydrogen (secondary N) is 1. The van der Waals surface area contributed by atoms with Gasteiger partial charge in [0, 0.05) is 32.7 Å². The monoisotopic (exact) mass is 342 g/mol. The fraction of sp³-hybridized carbons (Fsp3) is 0.733. The minimum atomic E-state index is -2.88. The lowest BCUT2D eigenvalue weighted by atomic mass is 10.1. The molecular weight excluding hydrogens is 316 g/mol. The van der Waals surface area contributed by atoms with E-state index in [4.69, 9.17) is 0 Å². The quantitative estimate of drug-likeness (QED) is 0.422. The van der Waals surface area contributed by atoms with Gasteiger partial charge in [0.05, 0.1) is 18.1 Å². The van der Waals surface area contributed by atoms with E-state index in [0.717, 1.165) is 13.1 Å². The summed E-state index contributed by atoms with van der Waals surface area (Å²) in [6.45, 7) is 9.12. The molecule has 7 nitrogen and oxygen atoms in total. The molecule has 1 atom stereocenters. The molecule has 2 rings (SSSR count). The summed E-state index contributed by atoms with van der Waals surface area (Å²) in [4.78, 5) is 20.4. The fourth-order valence-electron chi connectivity index (χ4n) is 2.89. The standard InChI is InChI=1S/C15H26N4O3S/c1-3-6-16-15(17-10-13-5-9-23(21,22)12-13)19-8-7-18(4-2)14(20)11-19/h3,13H,1,4-12H2,2H3,(H,16,17). The van der Waals surface area contributed by atoms with Crippen LogP contribution in [-0.4, -0.2) is 80.9 Å². The van der Waals surface area contributed by atoms with Crippen LogP contribution in [0.1, 0.15) is 13.3 Å². The number of carbonyl (C=O) groups is 1. The van der Waals surface area contributed by atoms with Crippen molar-refractivity contribution in [3.63, 3.8) is 0 Å². The van der Waals surface area contributed by atoms with Crippen molar-refractivity contribution in [1.29, 1.82) is 0 Å². The number of aliphatic imine (C=N–C) groups is 1. The lowest BCUT2D eigenvalue weighted by molar-refractivity contribution is -0.134. The minimum absolute atomic E-state index is 0.0770. The number of sulfone groups is 1. The number of nitrogens with zero attached hydrogens (tertiary/aromatic N) is 3. The normalized spacial score (nSPS) is 24.8. The molecule has 2 fully saturated rings. The Hall–Kier alpha value is -1.57. The molecule has 0 bridgehead atoms. The largest absolute Gasteiger partial charge is 0.353 e. The molecule has 1 unspecified atom stereocenters. The molecule has 0 aromatic rings. The third-order valence-electron chi connectivity index (χ3n) is 4.23. The van der Waals surface area contributed by atoms with E-state index in [-0.39, 0.29) is 23.3 Å². The Labute approximate surface area is 138 Å². The molecule has 2 aliphatic heterocycles. The highest BCUT2D eigenvalue weighted by atomic mass is 32.2. The van der Waals surface area contributed by atoms with E-state index in [1.165, 1.54) is 0 Å². The van der Waals surface area contributed by atoms with E-state index >= 15 is 0 Å². The van der Waals surface area contributed by atoms with Gasteiger partial charge in [0.2, 0.25) is 5.91 Å². The van der Waals surface area contributed by atoms with Crippen molar-refractivity contribution in [2.75, 3.05) is 50.8 Å². The number of likely N-dealkylation sites (N-methyl/N-ethyl adjacent to an activating group) is 1. The van der Waals surface area contributed by atoms with Crippen molar-refractivity contribution in [2.45, 2.75) is 13.3 Å². The molecule has 0 aromatic heterocycles. The van der Waals surface area contributed by atoms with Crippen molar-refractivity contribution in [2.24, 2.45) is 10.9 Å². The Balaban J connectivity index is 2.00. The average molecular weight is 342 g/mol. The van der Waals surface area contributed by atoms with Gasteiger partial charge in [-0.3, -0.25) is 9.79 Å². The van der Waals surface area contributed by atoms with Gasteiger partial charge in [0.25, 0.3) is 0 Å². The number of guanidine groups is 1. The summed E-state index contributed by atoms with van der Waals surface area (Å²) in [5, 5.41) is 3.17. The highest BCUT2D eigenvalue weighted by Crippen LogP contribution is 2.18. The van der Waals surface area contributed by atoms with Gasteiger partial charge in [-0.15, -0.1) is 6.58 Å². The van der Waals surface area contributed by atoms with Gasteiger partial charge in [0.1, 0.15) is 0 Å². The lowest BCUT2D eigenvalue weighted by Crippen LogP contribution is -2.55. The summed E-state index contributed by atoms with van der Waals surface area (Å²) in [5.41, 5.74) is 0. The van der Waals surface area contributed by atoms with Crippen LogP contribution < -0.4 is 5.32 Å². The molecule has 8 heteroatoms. The molecule has 0 spiro atoms. The fourth-order valence-corrected chi connectivity index (χ4v) is 4.74. The number of hydrogen-bond donors (Lipinski definition) is 1. The molecule has 2 aliphatic rings. The Morgan fingerprint density at radius 3 is 2.83 bits per heavy atom. The van der Waals surface area contributed by atoms with Crippen molar-refractivity contribution < 1.29 is 13.2 Å². The van der Waals surface area contributed by atoms with E-state index < -0.39 is 9.84 Å². The lowest BCUT2D eigenvalue weighted by Gasteiger charge is -2.35. The molecule has 1 amide bonds. The predicted molar refractivity (Wildman–Crippen MR) is 91.1 cm³/mol. The third-order valence-corrected chi connectivity index (χ3v) is 6.07. The first-order valence-electron chi connectivity index (χ1n) is 8.07. The van der Waals surface area contributed by atoms with Gasteiger partial charge in [-0.05, 0) is 19.3 Å². The van der Waals surface area contributed by atoms with Crippen LogP contribution in [0.3, 0.4) is 0 Å². The Morgan fingerprint density at radius 1 is 1.48 bits per heavy atom. The zero-order valence-electron chi connectivity index (χ0n) is 13.7. The number of hydrogen-bond acceptors (Lipinski definition) is 4. The molecule has 0 saturated carbocycles. The molecule has 0 aliphatic carbocycles. The first-order valence-corrected chi connectivity index (χ1v) is 9.89. The van der Waals surface area contributed by atoms with Gasteiger partial charge >= 0.3 is 0 Å². The van der Waals surface area contributed by atoms with Crippen molar-refractivity contribution >= 4 is 21.7 Å². The van der Waals surface area contributed by atoms with Gasteiger partial charge in [-0.2, -0.15) is 0 Å². The molecule has 0 radical (unpaired) electrons. The van der Waals surface area contributed by atoms with Crippen LogP contribution in [0, 0.1) is 5.92 Å². The van der Waals surface area contributed by atoms with Crippen LogP contribution in [0.5, 0.6) is 0 Å². The highest BCUT2D eigenvalue weighted by Gasteiger charge is 2.29. The second-order valence-corrected chi connectivity index (χ2v) is 8.23. The molecule has 2 saturated heterocycles. The molecule has 130 valence electrons. The zero-order chi connectivity index (χ0) is 16.9. The SMILES string of the molecule is C=CCNC(=NCC1CCS(=O)(=O)C1)N1CCN(CC)C(=O)C1. The average Bonchev–Trinajstić information content (AvgIpc) is 2.86. The van der Waals surface area contributed by atoms with Gasteiger partial charge < -0.3 is 15.1 Å². The second-order valence-electron chi connectivity index (χ2n) is 6.00. The van der Waals surface area contributed by atoms with Crippen LogP contribution in [0.2, 0.25) is 0 Å². The van der Waals surface area contributed by atoms with E-state index in [1.807, 2.05) is 16.7 Å². The van der Waals surface area contributed by atoms with E-state index in [1.54, 1.807) is 6.08 Å². The van der Waals surface area contributed by atoms with Crippen LogP contribution in [-0.2, 0) is 14.6 Å². The summed E-state index contributed by atoms with van der Waals surface area (Å²) in [7, 11) is -2.88. The molecular formula is C15H26N4O3S. The minimum Gasteiger partial charge on any atom is -0.353 e. The first-order chi connectivity index (χ1) is 10.9. The Kier molecular flexibility index (Phi) is 6.04.